The Morgan fingerprint density at radius 1 is 0.903 bits per heavy atom. The van der Waals surface area contributed by atoms with E-state index in [1.165, 1.54) is 4.90 Å². The van der Waals surface area contributed by atoms with Gasteiger partial charge in [0.05, 0.1) is 13.2 Å². The molecule has 2 saturated heterocycles. The van der Waals surface area contributed by atoms with E-state index in [-0.39, 0.29) is 28.9 Å². The van der Waals surface area contributed by atoms with Gasteiger partial charge < -0.3 is 15.0 Å². The van der Waals surface area contributed by atoms with Gasteiger partial charge in [-0.05, 0) is 58.7 Å². The van der Waals surface area contributed by atoms with Gasteiger partial charge in [-0.25, -0.2) is 0 Å². The number of hydrogen-bond donors (Lipinski definition) is 1. The van der Waals surface area contributed by atoms with Crippen molar-refractivity contribution >= 4 is 28.3 Å². The minimum atomic E-state index is -0.166. The molecule has 0 atom stereocenters. The van der Waals surface area contributed by atoms with Gasteiger partial charge in [0.2, 0.25) is 0 Å². The Labute approximate surface area is 183 Å². The van der Waals surface area contributed by atoms with Gasteiger partial charge in [-0.2, -0.15) is 0 Å². The van der Waals surface area contributed by atoms with E-state index < -0.39 is 0 Å². The number of imide groups is 1. The Bertz CT molecular complexity index is 1030. The summed E-state index contributed by atoms with van der Waals surface area (Å²) in [5.74, 6) is -0.332. The van der Waals surface area contributed by atoms with E-state index in [1.807, 2.05) is 30.3 Å². The first-order valence-electron chi connectivity index (χ1n) is 11.2. The second-order valence-electron chi connectivity index (χ2n) is 10.4. The molecule has 0 aliphatic carbocycles. The van der Waals surface area contributed by atoms with E-state index in [0.717, 1.165) is 42.4 Å². The van der Waals surface area contributed by atoms with Crippen LogP contribution in [0.15, 0.2) is 30.3 Å². The number of benzene rings is 2. The van der Waals surface area contributed by atoms with Crippen molar-refractivity contribution in [1.82, 2.24) is 10.2 Å². The number of nitrogens with one attached hydrogen (secondary N) is 1. The van der Waals surface area contributed by atoms with Crippen molar-refractivity contribution < 1.29 is 14.3 Å². The molecular weight excluding hydrogens is 390 g/mol. The molecule has 1 N–H and O–H groups in total. The number of piperidine rings is 1. The number of carbonyl (C=O) groups is 2. The lowest BCUT2D eigenvalue weighted by molar-refractivity contribution is 0.0370. The van der Waals surface area contributed by atoms with Crippen LogP contribution in [0.2, 0.25) is 0 Å². The lowest BCUT2D eigenvalue weighted by Gasteiger charge is -2.49. The number of nitrogens with zero attached hydrogens (tertiary/aromatic N) is 2. The predicted octanol–water partition coefficient (Wildman–Crippen LogP) is 3.58. The highest BCUT2D eigenvalue weighted by Gasteiger charge is 2.45. The minimum absolute atomic E-state index is 0.131. The number of carbonyl (C=O) groups excluding carboxylic acids is 2. The molecule has 164 valence electrons. The molecule has 0 radical (unpaired) electrons. The van der Waals surface area contributed by atoms with Crippen molar-refractivity contribution in [3.63, 3.8) is 0 Å². The molecule has 0 unspecified atom stereocenters. The Morgan fingerprint density at radius 3 is 2.16 bits per heavy atom. The van der Waals surface area contributed by atoms with E-state index in [9.17, 15) is 9.59 Å². The summed E-state index contributed by atoms with van der Waals surface area (Å²) in [7, 11) is 0. The average Bonchev–Trinajstić information content (AvgIpc) is 2.70. The van der Waals surface area contributed by atoms with Gasteiger partial charge in [-0.1, -0.05) is 12.1 Å². The van der Waals surface area contributed by atoms with Crippen molar-refractivity contribution in [3.8, 4) is 0 Å². The third kappa shape index (κ3) is 3.42. The summed E-state index contributed by atoms with van der Waals surface area (Å²) >= 11 is 0. The Kier molecular flexibility index (Phi) is 4.65. The van der Waals surface area contributed by atoms with Gasteiger partial charge in [0.25, 0.3) is 11.8 Å². The van der Waals surface area contributed by atoms with E-state index in [2.05, 4.69) is 37.9 Å². The number of ether oxygens (including phenoxy) is 1. The van der Waals surface area contributed by atoms with Crippen LogP contribution in [0.3, 0.4) is 0 Å². The lowest BCUT2D eigenvalue weighted by atomic mass is 9.78. The summed E-state index contributed by atoms with van der Waals surface area (Å²) in [4.78, 5) is 31.2. The number of anilines is 1. The maximum Gasteiger partial charge on any atom is 0.261 e. The van der Waals surface area contributed by atoms with Crippen LogP contribution in [0.1, 0.15) is 61.3 Å². The first kappa shape index (κ1) is 20.5. The fourth-order valence-corrected chi connectivity index (χ4v) is 5.96. The highest BCUT2D eigenvalue weighted by molar-refractivity contribution is 6.27. The molecule has 2 aromatic carbocycles. The molecule has 5 rings (SSSR count). The number of amides is 2. The first-order chi connectivity index (χ1) is 14.7. The van der Waals surface area contributed by atoms with E-state index in [0.29, 0.717) is 24.3 Å². The normalized spacial score (nSPS) is 23.5. The van der Waals surface area contributed by atoms with Gasteiger partial charge in [0.15, 0.2) is 0 Å². The monoisotopic (exact) mass is 421 g/mol. The minimum Gasteiger partial charge on any atom is -0.378 e. The van der Waals surface area contributed by atoms with Crippen molar-refractivity contribution in [1.29, 1.82) is 0 Å². The van der Waals surface area contributed by atoms with Crippen LogP contribution in [0.25, 0.3) is 10.8 Å². The topological polar surface area (TPSA) is 61.9 Å². The van der Waals surface area contributed by atoms with Crippen LogP contribution in [0.4, 0.5) is 5.69 Å². The standard InChI is InChI=1S/C25H31N3O3/c1-24(2)14-16(15-25(3,4)26-24)28-22(29)18-7-5-6-17-20(27-10-12-31-13-11-27)9-8-19(21(17)18)23(28)30/h5-9,16,26H,10-15H2,1-4H3. The van der Waals surface area contributed by atoms with Crippen LogP contribution in [0.5, 0.6) is 0 Å². The lowest BCUT2D eigenvalue weighted by Crippen LogP contribution is -2.63. The van der Waals surface area contributed by atoms with Gasteiger partial charge in [-0.3, -0.25) is 14.5 Å². The van der Waals surface area contributed by atoms with Crippen molar-refractivity contribution in [2.24, 2.45) is 0 Å². The molecule has 3 aliphatic rings. The van der Waals surface area contributed by atoms with Crippen LogP contribution >= 0.6 is 0 Å². The first-order valence-corrected chi connectivity index (χ1v) is 11.2. The van der Waals surface area contributed by atoms with Gasteiger partial charge in [0, 0.05) is 57.8 Å². The van der Waals surface area contributed by atoms with Crippen molar-refractivity contribution in [2.45, 2.75) is 57.7 Å². The van der Waals surface area contributed by atoms with E-state index >= 15 is 0 Å². The molecule has 31 heavy (non-hydrogen) atoms. The summed E-state index contributed by atoms with van der Waals surface area (Å²) in [5, 5.41) is 5.42. The Morgan fingerprint density at radius 2 is 1.52 bits per heavy atom. The molecule has 3 aliphatic heterocycles. The maximum atomic E-state index is 13.7. The summed E-state index contributed by atoms with van der Waals surface area (Å²) in [6.07, 6.45) is 1.48. The van der Waals surface area contributed by atoms with Crippen LogP contribution in [-0.4, -0.2) is 60.1 Å². The van der Waals surface area contributed by atoms with Crippen molar-refractivity contribution in [3.05, 3.63) is 41.5 Å². The number of morpholine rings is 1. The summed E-state index contributed by atoms with van der Waals surface area (Å²) in [6, 6.07) is 9.65. The van der Waals surface area contributed by atoms with Gasteiger partial charge in [-0.15, -0.1) is 0 Å². The van der Waals surface area contributed by atoms with Crippen molar-refractivity contribution in [2.75, 3.05) is 31.2 Å². The average molecular weight is 422 g/mol. The zero-order valence-corrected chi connectivity index (χ0v) is 18.8. The Balaban J connectivity index is 1.59. The highest BCUT2D eigenvalue weighted by atomic mass is 16.5. The fourth-order valence-electron chi connectivity index (χ4n) is 5.96. The maximum absolute atomic E-state index is 13.7. The molecule has 3 heterocycles. The largest absolute Gasteiger partial charge is 0.378 e. The predicted molar refractivity (Wildman–Crippen MR) is 122 cm³/mol. The molecule has 2 aromatic rings. The molecule has 2 amide bonds. The highest BCUT2D eigenvalue weighted by Crippen LogP contribution is 2.39. The SMILES string of the molecule is CC1(C)CC(N2C(=O)c3cccc4c(N5CCOCC5)ccc(c34)C2=O)CC(C)(C)N1. The third-order valence-electron chi connectivity index (χ3n) is 6.80. The molecule has 0 bridgehead atoms. The Hall–Kier alpha value is -2.44. The smallest absolute Gasteiger partial charge is 0.261 e. The molecule has 0 saturated carbocycles. The van der Waals surface area contributed by atoms with Crippen LogP contribution < -0.4 is 10.2 Å². The molecular formula is C25H31N3O3. The van der Waals surface area contributed by atoms with Crippen LogP contribution in [-0.2, 0) is 4.74 Å². The number of rotatable bonds is 2. The fraction of sp³-hybridized carbons (Fsp3) is 0.520. The molecule has 0 aromatic heterocycles. The van der Waals surface area contributed by atoms with Gasteiger partial charge >= 0.3 is 0 Å². The third-order valence-corrected chi connectivity index (χ3v) is 6.80. The van der Waals surface area contributed by atoms with Crippen LogP contribution in [0, 0.1) is 0 Å². The summed E-state index contributed by atoms with van der Waals surface area (Å²) in [6.45, 7) is 11.6. The van der Waals surface area contributed by atoms with E-state index in [4.69, 9.17) is 4.74 Å². The second kappa shape index (κ2) is 7.04. The quantitative estimate of drug-likeness (QED) is 0.751. The summed E-state index contributed by atoms with van der Waals surface area (Å²) < 4.78 is 5.50. The molecule has 6 nitrogen and oxygen atoms in total. The zero-order valence-electron chi connectivity index (χ0n) is 18.8. The zero-order chi connectivity index (χ0) is 22.0. The molecule has 2 fully saturated rings. The molecule has 6 heteroatoms. The number of hydrogen-bond acceptors (Lipinski definition) is 5. The molecule has 0 spiro atoms. The second-order valence-corrected chi connectivity index (χ2v) is 10.4. The van der Waals surface area contributed by atoms with Gasteiger partial charge in [0.1, 0.15) is 0 Å². The van der Waals surface area contributed by atoms with E-state index in [1.54, 1.807) is 0 Å². The summed E-state index contributed by atoms with van der Waals surface area (Å²) in [5.41, 5.74) is 2.04.